The standard InChI is InChI=1S/C16H22O3/c1-5-19-15(18)11-14(17)10-12-6-8-13(9-7-12)16(2,3)4/h6-9H,5,10-11H2,1-4H3. The zero-order valence-corrected chi connectivity index (χ0v) is 12.2. The Morgan fingerprint density at radius 3 is 2.16 bits per heavy atom. The van der Waals surface area contributed by atoms with E-state index in [1.54, 1.807) is 6.92 Å². The number of ketones is 1. The lowest BCUT2D eigenvalue weighted by Gasteiger charge is -2.19. The number of carbonyl (C=O) groups excluding carboxylic acids is 2. The van der Waals surface area contributed by atoms with Gasteiger partial charge < -0.3 is 4.74 Å². The zero-order chi connectivity index (χ0) is 14.5. The number of benzene rings is 1. The number of Topliss-reactive ketones (excluding diaryl/α,β-unsaturated/α-hetero) is 1. The van der Waals surface area contributed by atoms with Crippen LogP contribution >= 0.6 is 0 Å². The van der Waals surface area contributed by atoms with Crippen LogP contribution in [0.25, 0.3) is 0 Å². The van der Waals surface area contributed by atoms with E-state index >= 15 is 0 Å². The molecule has 0 bridgehead atoms. The highest BCUT2D eigenvalue weighted by atomic mass is 16.5. The molecule has 1 rings (SSSR count). The van der Waals surface area contributed by atoms with Crippen molar-refractivity contribution in [2.24, 2.45) is 0 Å². The van der Waals surface area contributed by atoms with Crippen molar-refractivity contribution in [2.75, 3.05) is 6.61 Å². The molecule has 0 amide bonds. The van der Waals surface area contributed by atoms with Gasteiger partial charge in [-0.3, -0.25) is 9.59 Å². The summed E-state index contributed by atoms with van der Waals surface area (Å²) in [7, 11) is 0. The molecule has 0 aliphatic heterocycles. The van der Waals surface area contributed by atoms with E-state index < -0.39 is 5.97 Å². The highest BCUT2D eigenvalue weighted by Crippen LogP contribution is 2.22. The van der Waals surface area contributed by atoms with Gasteiger partial charge in [0.1, 0.15) is 12.2 Å². The average Bonchev–Trinajstić information content (AvgIpc) is 2.28. The van der Waals surface area contributed by atoms with E-state index in [1.807, 2.05) is 24.3 Å². The van der Waals surface area contributed by atoms with Gasteiger partial charge in [-0.25, -0.2) is 0 Å². The molecule has 3 heteroatoms. The maximum atomic E-state index is 11.7. The van der Waals surface area contributed by atoms with Gasteiger partial charge in [0.25, 0.3) is 0 Å². The Balaban J connectivity index is 2.58. The molecular formula is C16H22O3. The third-order valence-electron chi connectivity index (χ3n) is 2.87. The van der Waals surface area contributed by atoms with E-state index in [0.717, 1.165) is 5.56 Å². The van der Waals surface area contributed by atoms with Gasteiger partial charge in [-0.2, -0.15) is 0 Å². The molecule has 1 aromatic carbocycles. The predicted octanol–water partition coefficient (Wildman–Crippen LogP) is 3.05. The van der Waals surface area contributed by atoms with Crippen LogP contribution in [0, 0.1) is 0 Å². The van der Waals surface area contributed by atoms with Gasteiger partial charge in [0.2, 0.25) is 0 Å². The Morgan fingerprint density at radius 2 is 1.68 bits per heavy atom. The molecule has 19 heavy (non-hydrogen) atoms. The monoisotopic (exact) mass is 262 g/mol. The van der Waals surface area contributed by atoms with Crippen LogP contribution < -0.4 is 0 Å². The summed E-state index contributed by atoms with van der Waals surface area (Å²) in [5.41, 5.74) is 2.27. The molecule has 0 atom stereocenters. The van der Waals surface area contributed by atoms with Crippen LogP contribution in [-0.2, 0) is 26.2 Å². The lowest BCUT2D eigenvalue weighted by atomic mass is 9.86. The molecule has 0 aliphatic carbocycles. The first-order valence-electron chi connectivity index (χ1n) is 6.59. The van der Waals surface area contributed by atoms with Gasteiger partial charge in [0, 0.05) is 6.42 Å². The smallest absolute Gasteiger partial charge is 0.313 e. The van der Waals surface area contributed by atoms with Crippen molar-refractivity contribution in [1.82, 2.24) is 0 Å². The highest BCUT2D eigenvalue weighted by molar-refractivity contribution is 5.96. The fraction of sp³-hybridized carbons (Fsp3) is 0.500. The summed E-state index contributed by atoms with van der Waals surface area (Å²) in [6, 6.07) is 7.97. The number of hydrogen-bond donors (Lipinski definition) is 0. The third kappa shape index (κ3) is 5.25. The molecule has 0 fully saturated rings. The van der Waals surface area contributed by atoms with Crippen LogP contribution in [0.15, 0.2) is 24.3 Å². The van der Waals surface area contributed by atoms with Crippen molar-refractivity contribution in [2.45, 2.75) is 46.0 Å². The highest BCUT2D eigenvalue weighted by Gasteiger charge is 2.14. The number of rotatable bonds is 5. The van der Waals surface area contributed by atoms with Crippen LogP contribution in [0.2, 0.25) is 0 Å². The zero-order valence-electron chi connectivity index (χ0n) is 12.2. The Kier molecular flexibility index (Phi) is 5.28. The van der Waals surface area contributed by atoms with Crippen molar-refractivity contribution < 1.29 is 14.3 Å². The Labute approximate surface area is 115 Å². The Bertz CT molecular complexity index is 438. The number of carbonyl (C=O) groups is 2. The summed E-state index contributed by atoms with van der Waals surface area (Å²) in [5.74, 6) is -0.555. The first-order chi connectivity index (χ1) is 8.82. The van der Waals surface area contributed by atoms with Gasteiger partial charge in [0.05, 0.1) is 6.61 Å². The lowest BCUT2D eigenvalue weighted by molar-refractivity contribution is -0.145. The number of ether oxygens (including phenoxy) is 1. The van der Waals surface area contributed by atoms with Gasteiger partial charge in [0.15, 0.2) is 0 Å². The van der Waals surface area contributed by atoms with Crippen LogP contribution in [-0.4, -0.2) is 18.4 Å². The maximum absolute atomic E-state index is 11.7. The van der Waals surface area contributed by atoms with Crippen LogP contribution in [0.3, 0.4) is 0 Å². The SMILES string of the molecule is CCOC(=O)CC(=O)Cc1ccc(C(C)(C)C)cc1. The fourth-order valence-electron chi connectivity index (χ4n) is 1.79. The maximum Gasteiger partial charge on any atom is 0.313 e. The summed E-state index contributed by atoms with van der Waals surface area (Å²) >= 11 is 0. The van der Waals surface area contributed by atoms with E-state index in [4.69, 9.17) is 4.74 Å². The molecule has 3 nitrogen and oxygen atoms in total. The van der Waals surface area contributed by atoms with E-state index in [1.165, 1.54) is 5.56 Å². The minimum atomic E-state index is -0.446. The molecule has 1 aromatic rings. The van der Waals surface area contributed by atoms with Crippen molar-refractivity contribution in [3.05, 3.63) is 35.4 Å². The summed E-state index contributed by atoms with van der Waals surface area (Å²) in [5, 5.41) is 0. The second-order valence-electron chi connectivity index (χ2n) is 5.64. The van der Waals surface area contributed by atoms with Gasteiger partial charge in [-0.05, 0) is 23.5 Å². The molecule has 0 N–H and O–H groups in total. The van der Waals surface area contributed by atoms with E-state index in [9.17, 15) is 9.59 Å². The van der Waals surface area contributed by atoms with Crippen molar-refractivity contribution in [1.29, 1.82) is 0 Å². The molecule has 0 unspecified atom stereocenters. The number of hydrogen-bond acceptors (Lipinski definition) is 3. The fourth-order valence-corrected chi connectivity index (χ4v) is 1.79. The Hall–Kier alpha value is -1.64. The second-order valence-corrected chi connectivity index (χ2v) is 5.64. The van der Waals surface area contributed by atoms with Gasteiger partial charge in [-0.1, -0.05) is 45.0 Å². The largest absolute Gasteiger partial charge is 0.466 e. The number of esters is 1. The Morgan fingerprint density at radius 1 is 1.11 bits per heavy atom. The summed E-state index contributed by atoms with van der Waals surface area (Å²) < 4.78 is 4.75. The normalized spacial score (nSPS) is 11.2. The van der Waals surface area contributed by atoms with E-state index in [2.05, 4.69) is 20.8 Å². The molecule has 0 aliphatic rings. The third-order valence-corrected chi connectivity index (χ3v) is 2.87. The minimum absolute atomic E-state index is 0.105. The molecular weight excluding hydrogens is 240 g/mol. The average molecular weight is 262 g/mol. The quantitative estimate of drug-likeness (QED) is 0.605. The van der Waals surface area contributed by atoms with Gasteiger partial charge >= 0.3 is 5.97 Å². The molecule has 0 spiro atoms. The molecule has 0 saturated heterocycles. The first-order valence-corrected chi connectivity index (χ1v) is 6.59. The second kappa shape index (κ2) is 6.50. The minimum Gasteiger partial charge on any atom is -0.466 e. The van der Waals surface area contributed by atoms with Gasteiger partial charge in [-0.15, -0.1) is 0 Å². The molecule has 0 heterocycles. The summed E-state index contributed by atoms with van der Waals surface area (Å²) in [4.78, 5) is 22.9. The van der Waals surface area contributed by atoms with E-state index in [-0.39, 0.29) is 24.0 Å². The van der Waals surface area contributed by atoms with Crippen LogP contribution in [0.1, 0.15) is 45.2 Å². The van der Waals surface area contributed by atoms with Crippen molar-refractivity contribution in [3.63, 3.8) is 0 Å². The lowest BCUT2D eigenvalue weighted by Crippen LogP contribution is -2.13. The summed E-state index contributed by atoms with van der Waals surface area (Å²) in [6.07, 6.45) is 0.137. The van der Waals surface area contributed by atoms with Crippen LogP contribution in [0.4, 0.5) is 0 Å². The predicted molar refractivity (Wildman–Crippen MR) is 75.1 cm³/mol. The molecule has 0 aromatic heterocycles. The van der Waals surface area contributed by atoms with Crippen molar-refractivity contribution in [3.8, 4) is 0 Å². The van der Waals surface area contributed by atoms with E-state index in [0.29, 0.717) is 6.61 Å². The molecule has 0 saturated carbocycles. The van der Waals surface area contributed by atoms with Crippen molar-refractivity contribution >= 4 is 11.8 Å². The topological polar surface area (TPSA) is 43.4 Å². The molecule has 104 valence electrons. The van der Waals surface area contributed by atoms with Crippen LogP contribution in [0.5, 0.6) is 0 Å². The first kappa shape index (κ1) is 15.4. The molecule has 0 radical (unpaired) electrons. The summed E-state index contributed by atoms with van der Waals surface area (Å²) in [6.45, 7) is 8.48.